The summed E-state index contributed by atoms with van der Waals surface area (Å²) in [5, 5.41) is 17.8. The summed E-state index contributed by atoms with van der Waals surface area (Å²) in [6.07, 6.45) is 2.26. The molecular formula is C22H21N5O4S. The summed E-state index contributed by atoms with van der Waals surface area (Å²) in [6.45, 7) is 0.577. The summed E-state index contributed by atoms with van der Waals surface area (Å²) >= 11 is 1.38. The highest BCUT2D eigenvalue weighted by atomic mass is 32.2. The van der Waals surface area contributed by atoms with E-state index in [0.29, 0.717) is 40.8 Å². The van der Waals surface area contributed by atoms with Crippen LogP contribution in [0.25, 0.3) is 11.2 Å². The van der Waals surface area contributed by atoms with Gasteiger partial charge in [-0.1, -0.05) is 12.1 Å². The van der Waals surface area contributed by atoms with Crippen LogP contribution in [-0.4, -0.2) is 44.8 Å². The molecule has 0 unspecified atom stereocenters. The number of carboxylic acid groups (broad SMARTS) is 1. The number of H-pyrrole nitrogens is 1. The van der Waals surface area contributed by atoms with Gasteiger partial charge in [-0.2, -0.15) is 0 Å². The van der Waals surface area contributed by atoms with Crippen molar-refractivity contribution in [3.8, 4) is 11.5 Å². The molecule has 164 valence electrons. The second-order valence-electron chi connectivity index (χ2n) is 6.90. The molecule has 0 fully saturated rings. The number of nitrogens with one attached hydrogen (secondary N) is 2. The molecule has 3 N–H and O–H groups in total. The van der Waals surface area contributed by atoms with Crippen molar-refractivity contribution in [2.45, 2.75) is 23.0 Å². The second-order valence-corrected chi connectivity index (χ2v) is 7.93. The highest BCUT2D eigenvalue weighted by Gasteiger charge is 2.14. The molecule has 0 amide bonds. The third-order valence-corrected chi connectivity index (χ3v) is 5.84. The normalized spacial score (nSPS) is 10.9. The minimum Gasteiger partial charge on any atom is -0.497 e. The Hall–Kier alpha value is -3.79. The molecule has 0 aliphatic carbocycles. The standard InChI is InChI=1S/C22H21N5O4S/c1-30-15-7-8-16(31-2)17(11-15)32-22-25-18-19(23)24-12-27(20(18)26-22)10-9-13-3-5-14(6-4-13)21(28)29/h3-8,11-12,23H,9-10H2,1-2H3,(H,25,26)(H,28,29). The summed E-state index contributed by atoms with van der Waals surface area (Å²) in [7, 11) is 3.21. The predicted molar refractivity (Wildman–Crippen MR) is 119 cm³/mol. The van der Waals surface area contributed by atoms with E-state index in [-0.39, 0.29) is 11.1 Å². The summed E-state index contributed by atoms with van der Waals surface area (Å²) in [6, 6.07) is 12.3. The number of carbonyl (C=O) groups is 1. The number of aromatic nitrogens is 4. The smallest absolute Gasteiger partial charge is 0.335 e. The van der Waals surface area contributed by atoms with Gasteiger partial charge in [0.05, 0.1) is 31.0 Å². The van der Waals surface area contributed by atoms with Crippen molar-refractivity contribution in [2.24, 2.45) is 0 Å². The maximum Gasteiger partial charge on any atom is 0.335 e. The number of hydrogen-bond acceptors (Lipinski definition) is 7. The Morgan fingerprint density at radius 1 is 1.19 bits per heavy atom. The van der Waals surface area contributed by atoms with E-state index in [1.165, 1.54) is 11.8 Å². The van der Waals surface area contributed by atoms with Gasteiger partial charge in [0.2, 0.25) is 0 Å². The Morgan fingerprint density at radius 3 is 2.66 bits per heavy atom. The van der Waals surface area contributed by atoms with E-state index in [4.69, 9.17) is 20.0 Å². The first kappa shape index (κ1) is 21.4. The van der Waals surface area contributed by atoms with Crippen molar-refractivity contribution in [3.05, 3.63) is 65.4 Å². The van der Waals surface area contributed by atoms with Crippen LogP contribution >= 0.6 is 11.8 Å². The van der Waals surface area contributed by atoms with Crippen molar-refractivity contribution in [1.82, 2.24) is 19.5 Å². The van der Waals surface area contributed by atoms with Crippen LogP contribution in [0.5, 0.6) is 11.5 Å². The molecule has 2 heterocycles. The molecule has 0 atom stereocenters. The highest BCUT2D eigenvalue weighted by molar-refractivity contribution is 7.99. The predicted octanol–water partition coefficient (Wildman–Crippen LogP) is 3.35. The fraction of sp³-hybridized carbons (Fsp3) is 0.182. The van der Waals surface area contributed by atoms with Crippen LogP contribution in [0.15, 0.2) is 58.8 Å². The number of aromatic carboxylic acids is 1. The van der Waals surface area contributed by atoms with Gasteiger partial charge in [0.15, 0.2) is 16.3 Å². The topological polar surface area (TPSA) is 126 Å². The summed E-state index contributed by atoms with van der Waals surface area (Å²) in [5.74, 6) is 0.450. The molecule has 4 aromatic rings. The molecule has 0 aliphatic rings. The van der Waals surface area contributed by atoms with Crippen molar-refractivity contribution in [2.75, 3.05) is 14.2 Å². The van der Waals surface area contributed by atoms with Crippen LogP contribution in [0, 0.1) is 5.41 Å². The van der Waals surface area contributed by atoms with Gasteiger partial charge in [-0.15, -0.1) is 0 Å². The number of carboxylic acids is 1. The first-order valence-electron chi connectivity index (χ1n) is 9.70. The Kier molecular flexibility index (Phi) is 6.13. The molecule has 2 aromatic heterocycles. The zero-order valence-electron chi connectivity index (χ0n) is 17.5. The number of fused-ring (bicyclic) bond motifs is 1. The molecule has 9 nitrogen and oxygen atoms in total. The first-order chi connectivity index (χ1) is 15.5. The van der Waals surface area contributed by atoms with E-state index < -0.39 is 5.97 Å². The van der Waals surface area contributed by atoms with E-state index >= 15 is 0 Å². The number of imidazole rings is 1. The second kappa shape index (κ2) is 9.15. The van der Waals surface area contributed by atoms with Crippen LogP contribution in [0.1, 0.15) is 15.9 Å². The fourth-order valence-electron chi connectivity index (χ4n) is 3.21. The number of ether oxygens (including phenoxy) is 2. The Bertz CT molecular complexity index is 1330. The fourth-order valence-corrected chi connectivity index (χ4v) is 4.13. The van der Waals surface area contributed by atoms with Crippen molar-refractivity contribution in [1.29, 1.82) is 5.41 Å². The van der Waals surface area contributed by atoms with Gasteiger partial charge < -0.3 is 24.1 Å². The molecule has 0 saturated carbocycles. The number of aromatic amines is 1. The molecule has 32 heavy (non-hydrogen) atoms. The average molecular weight is 452 g/mol. The lowest BCUT2D eigenvalue weighted by Crippen LogP contribution is -2.13. The third-order valence-electron chi connectivity index (χ3n) is 4.92. The quantitative estimate of drug-likeness (QED) is 0.375. The monoisotopic (exact) mass is 451 g/mol. The van der Waals surface area contributed by atoms with E-state index in [0.717, 1.165) is 10.5 Å². The number of benzene rings is 2. The lowest BCUT2D eigenvalue weighted by molar-refractivity contribution is 0.0697. The molecule has 0 bridgehead atoms. The lowest BCUT2D eigenvalue weighted by Gasteiger charge is -2.08. The van der Waals surface area contributed by atoms with Gasteiger partial charge in [-0.3, -0.25) is 5.41 Å². The number of nitrogens with zero attached hydrogens (tertiary/aromatic N) is 3. The summed E-state index contributed by atoms with van der Waals surface area (Å²) < 4.78 is 12.6. The molecule has 2 aromatic carbocycles. The van der Waals surface area contributed by atoms with Gasteiger partial charge in [0, 0.05) is 6.54 Å². The first-order valence-corrected chi connectivity index (χ1v) is 10.5. The number of hydrogen-bond donors (Lipinski definition) is 3. The summed E-state index contributed by atoms with van der Waals surface area (Å²) in [5.41, 5.74) is 2.52. The van der Waals surface area contributed by atoms with Gasteiger partial charge in [-0.25, -0.2) is 14.8 Å². The van der Waals surface area contributed by atoms with Crippen LogP contribution in [-0.2, 0) is 13.0 Å². The molecule has 10 heteroatoms. The lowest BCUT2D eigenvalue weighted by atomic mass is 10.1. The van der Waals surface area contributed by atoms with Crippen LogP contribution in [0.3, 0.4) is 0 Å². The minimum absolute atomic E-state index is 0.110. The van der Waals surface area contributed by atoms with Crippen LogP contribution in [0.2, 0.25) is 0 Å². The van der Waals surface area contributed by atoms with Gasteiger partial charge in [0.25, 0.3) is 0 Å². The average Bonchev–Trinajstić information content (AvgIpc) is 3.23. The van der Waals surface area contributed by atoms with Crippen molar-refractivity contribution >= 4 is 28.9 Å². The summed E-state index contributed by atoms with van der Waals surface area (Å²) in [4.78, 5) is 23.9. The van der Waals surface area contributed by atoms with E-state index in [9.17, 15) is 4.79 Å². The van der Waals surface area contributed by atoms with Gasteiger partial charge >= 0.3 is 5.97 Å². The van der Waals surface area contributed by atoms with E-state index in [2.05, 4.69) is 15.0 Å². The Morgan fingerprint density at radius 2 is 1.97 bits per heavy atom. The van der Waals surface area contributed by atoms with Crippen molar-refractivity contribution < 1.29 is 19.4 Å². The molecule has 4 rings (SSSR count). The number of rotatable bonds is 8. The molecule has 0 aliphatic heterocycles. The van der Waals surface area contributed by atoms with Gasteiger partial charge in [-0.05, 0) is 54.1 Å². The maximum atomic E-state index is 11.0. The zero-order chi connectivity index (χ0) is 22.7. The molecule has 0 saturated heterocycles. The zero-order valence-corrected chi connectivity index (χ0v) is 18.3. The molecule has 0 radical (unpaired) electrons. The third kappa shape index (κ3) is 4.45. The van der Waals surface area contributed by atoms with Crippen LogP contribution < -0.4 is 15.0 Å². The van der Waals surface area contributed by atoms with Gasteiger partial charge in [0.1, 0.15) is 17.0 Å². The largest absolute Gasteiger partial charge is 0.497 e. The van der Waals surface area contributed by atoms with E-state index in [1.54, 1.807) is 44.8 Å². The number of methoxy groups -OCH3 is 2. The Labute approximate surface area is 187 Å². The highest BCUT2D eigenvalue weighted by Crippen LogP contribution is 2.36. The van der Waals surface area contributed by atoms with Crippen LogP contribution in [0.4, 0.5) is 0 Å². The SMILES string of the molecule is COc1ccc(OC)c(Sc2nc3c([nH]2)c(=N)ncn3CCc2ccc(C(=O)O)cc2)c1. The maximum absolute atomic E-state index is 11.0. The molecule has 0 spiro atoms. The van der Waals surface area contributed by atoms with Crippen molar-refractivity contribution in [3.63, 3.8) is 0 Å². The van der Waals surface area contributed by atoms with E-state index in [1.807, 2.05) is 22.8 Å². The minimum atomic E-state index is -0.947. The Balaban J connectivity index is 1.60. The number of aryl methyl sites for hydroxylation is 2. The molecular weight excluding hydrogens is 430 g/mol.